The van der Waals surface area contributed by atoms with Crippen LogP contribution in [-0.4, -0.2) is 60.1 Å². The highest BCUT2D eigenvalue weighted by molar-refractivity contribution is 7.10. The van der Waals surface area contributed by atoms with Crippen LogP contribution in [0.1, 0.15) is 34.6 Å². The molecule has 4 rings (SSSR count). The van der Waals surface area contributed by atoms with Gasteiger partial charge in [-0.2, -0.15) is 0 Å². The van der Waals surface area contributed by atoms with Gasteiger partial charge in [-0.25, -0.2) is 0 Å². The lowest BCUT2D eigenvalue weighted by Gasteiger charge is -2.35. The van der Waals surface area contributed by atoms with Crippen LogP contribution in [0.25, 0.3) is 0 Å². The molecule has 3 aromatic rings. The minimum atomic E-state index is -0.458. The van der Waals surface area contributed by atoms with E-state index in [0.29, 0.717) is 13.0 Å². The first-order chi connectivity index (χ1) is 15.7. The Balaban J connectivity index is 1.22. The van der Waals surface area contributed by atoms with Crippen molar-refractivity contribution in [1.29, 1.82) is 0 Å². The van der Waals surface area contributed by atoms with Crippen LogP contribution in [-0.2, 0) is 4.79 Å². The number of nitrogens with one attached hydrogen (secondary N) is 1. The smallest absolute Gasteiger partial charge is 0.222 e. The molecule has 0 spiro atoms. The third-order valence-electron chi connectivity index (χ3n) is 6.00. The van der Waals surface area contributed by atoms with Gasteiger partial charge in [0.1, 0.15) is 0 Å². The van der Waals surface area contributed by atoms with Crippen molar-refractivity contribution in [3.63, 3.8) is 0 Å². The van der Waals surface area contributed by atoms with Crippen LogP contribution in [0.3, 0.4) is 0 Å². The Morgan fingerprint density at radius 3 is 2.12 bits per heavy atom. The molecule has 2 N–H and O–H groups in total. The van der Waals surface area contributed by atoms with Crippen molar-refractivity contribution in [3.05, 3.63) is 94.2 Å². The standard InChI is InChI=1S/C26H31N3O2S/c30-23(21-8-3-1-4-9-21)20-29-17-15-28(16-18-29)14-13-25(31)27-26(24-12-7-19-32-24)22-10-5-2-6-11-22/h1-12,19,23,26,30H,13-18,20H2,(H,27,31). The molecule has 0 bridgehead atoms. The molecule has 1 fully saturated rings. The first-order valence-corrected chi connectivity index (χ1v) is 12.1. The SMILES string of the molecule is O=C(CCN1CCN(CC(O)c2ccccc2)CC1)NC(c1ccccc1)c1cccs1. The summed E-state index contributed by atoms with van der Waals surface area (Å²) in [4.78, 5) is 18.5. The van der Waals surface area contributed by atoms with Crippen molar-refractivity contribution in [1.82, 2.24) is 15.1 Å². The lowest BCUT2D eigenvalue weighted by atomic mass is 10.1. The van der Waals surface area contributed by atoms with Crippen molar-refractivity contribution < 1.29 is 9.90 Å². The molecule has 2 atom stereocenters. The Labute approximate surface area is 194 Å². The van der Waals surface area contributed by atoms with Crippen molar-refractivity contribution in [3.8, 4) is 0 Å². The monoisotopic (exact) mass is 449 g/mol. The molecule has 5 nitrogen and oxygen atoms in total. The second-order valence-corrected chi connectivity index (χ2v) is 9.22. The molecule has 32 heavy (non-hydrogen) atoms. The number of rotatable bonds is 9. The van der Waals surface area contributed by atoms with Crippen molar-refractivity contribution in [2.75, 3.05) is 39.3 Å². The number of carbonyl (C=O) groups excluding carboxylic acids is 1. The van der Waals surface area contributed by atoms with E-state index < -0.39 is 6.10 Å². The summed E-state index contributed by atoms with van der Waals surface area (Å²) >= 11 is 1.67. The number of hydrogen-bond donors (Lipinski definition) is 2. The molecule has 0 radical (unpaired) electrons. The average Bonchev–Trinajstić information content (AvgIpc) is 3.38. The maximum atomic E-state index is 12.8. The Bertz CT molecular complexity index is 942. The van der Waals surface area contributed by atoms with E-state index in [9.17, 15) is 9.90 Å². The second-order valence-electron chi connectivity index (χ2n) is 8.25. The summed E-state index contributed by atoms with van der Waals surface area (Å²) in [6.45, 7) is 5.06. The Hall–Kier alpha value is -2.51. The molecule has 6 heteroatoms. The van der Waals surface area contributed by atoms with E-state index in [4.69, 9.17) is 0 Å². The minimum Gasteiger partial charge on any atom is -0.387 e. The van der Waals surface area contributed by atoms with E-state index in [1.165, 1.54) is 0 Å². The highest BCUT2D eigenvalue weighted by Crippen LogP contribution is 2.26. The second kappa shape index (κ2) is 11.4. The van der Waals surface area contributed by atoms with E-state index >= 15 is 0 Å². The largest absolute Gasteiger partial charge is 0.387 e. The zero-order valence-electron chi connectivity index (χ0n) is 18.3. The highest BCUT2D eigenvalue weighted by atomic mass is 32.1. The van der Waals surface area contributed by atoms with Gasteiger partial charge in [-0.05, 0) is 22.6 Å². The summed E-state index contributed by atoms with van der Waals surface area (Å²) < 4.78 is 0. The molecule has 1 aliphatic rings. The van der Waals surface area contributed by atoms with Gasteiger partial charge in [-0.3, -0.25) is 9.69 Å². The molecule has 2 unspecified atom stereocenters. The van der Waals surface area contributed by atoms with Crippen molar-refractivity contribution in [2.24, 2.45) is 0 Å². The minimum absolute atomic E-state index is 0.0779. The number of thiophene rings is 1. The first kappa shape index (κ1) is 22.7. The van der Waals surface area contributed by atoms with Crippen LogP contribution in [0.5, 0.6) is 0 Å². The molecule has 2 aromatic carbocycles. The summed E-state index contributed by atoms with van der Waals surface area (Å²) in [7, 11) is 0. The summed E-state index contributed by atoms with van der Waals surface area (Å²) in [5.74, 6) is 0.0779. The van der Waals surface area contributed by atoms with Gasteiger partial charge in [-0.1, -0.05) is 66.7 Å². The number of hydrogen-bond acceptors (Lipinski definition) is 5. The molecule has 1 aliphatic heterocycles. The molecule has 168 valence electrons. The van der Waals surface area contributed by atoms with Crippen molar-refractivity contribution in [2.45, 2.75) is 18.6 Å². The van der Waals surface area contributed by atoms with Crippen molar-refractivity contribution >= 4 is 17.2 Å². The van der Waals surface area contributed by atoms with Crippen LogP contribution in [0.15, 0.2) is 78.2 Å². The first-order valence-electron chi connectivity index (χ1n) is 11.2. The molecule has 1 saturated heterocycles. The fraction of sp³-hybridized carbons (Fsp3) is 0.346. The number of nitrogens with zero attached hydrogens (tertiary/aromatic N) is 2. The predicted octanol–water partition coefficient (Wildman–Crippen LogP) is 3.70. The zero-order valence-corrected chi connectivity index (χ0v) is 19.1. The van der Waals surface area contributed by atoms with Gasteiger partial charge >= 0.3 is 0 Å². The number of piperazine rings is 1. The molecular formula is C26H31N3O2S. The summed E-state index contributed by atoms with van der Waals surface area (Å²) in [6.07, 6.45) is 0.0298. The average molecular weight is 450 g/mol. The Morgan fingerprint density at radius 2 is 1.50 bits per heavy atom. The molecule has 2 heterocycles. The van der Waals surface area contributed by atoms with Gasteiger partial charge in [-0.15, -0.1) is 11.3 Å². The molecule has 0 aliphatic carbocycles. The lowest BCUT2D eigenvalue weighted by molar-refractivity contribution is -0.122. The molecule has 1 aromatic heterocycles. The third-order valence-corrected chi connectivity index (χ3v) is 6.94. The quantitative estimate of drug-likeness (QED) is 0.523. The summed E-state index contributed by atoms with van der Waals surface area (Å²) in [5, 5.41) is 15.7. The summed E-state index contributed by atoms with van der Waals surface area (Å²) in [6, 6.07) is 24.0. The number of amides is 1. The number of β-amino-alcohol motifs (C(OH)–C–C–N with tert-alkyl or cyclic N) is 1. The van der Waals surface area contributed by atoms with Gasteiger partial charge in [0, 0.05) is 50.6 Å². The normalized spacial score (nSPS) is 17.0. The number of carbonyl (C=O) groups is 1. The Morgan fingerprint density at radius 1 is 0.875 bits per heavy atom. The topological polar surface area (TPSA) is 55.8 Å². The number of benzene rings is 2. The highest BCUT2D eigenvalue weighted by Gasteiger charge is 2.22. The fourth-order valence-electron chi connectivity index (χ4n) is 4.13. The van der Waals surface area contributed by atoms with Gasteiger partial charge in [0.15, 0.2) is 0 Å². The number of aliphatic hydroxyl groups excluding tert-OH is 1. The van der Waals surface area contributed by atoms with E-state index in [1.54, 1.807) is 11.3 Å². The molecular weight excluding hydrogens is 418 g/mol. The lowest BCUT2D eigenvalue weighted by Crippen LogP contribution is -2.48. The van der Waals surface area contributed by atoms with E-state index in [0.717, 1.165) is 48.7 Å². The van der Waals surface area contributed by atoms with E-state index in [1.807, 2.05) is 60.0 Å². The predicted molar refractivity (Wildman–Crippen MR) is 130 cm³/mol. The van der Waals surface area contributed by atoms with Crippen LogP contribution in [0.4, 0.5) is 0 Å². The van der Waals surface area contributed by atoms with Crippen LogP contribution < -0.4 is 5.32 Å². The van der Waals surface area contributed by atoms with E-state index in [2.05, 4.69) is 33.3 Å². The van der Waals surface area contributed by atoms with Gasteiger partial charge < -0.3 is 15.3 Å². The third kappa shape index (κ3) is 6.26. The van der Waals surface area contributed by atoms with Crippen LogP contribution >= 0.6 is 11.3 Å². The zero-order chi connectivity index (χ0) is 22.2. The number of aliphatic hydroxyl groups is 1. The summed E-state index contributed by atoms with van der Waals surface area (Å²) in [5.41, 5.74) is 2.07. The molecule has 0 saturated carbocycles. The van der Waals surface area contributed by atoms with Crippen LogP contribution in [0.2, 0.25) is 0 Å². The molecule has 1 amide bonds. The van der Waals surface area contributed by atoms with Gasteiger partial charge in [0.2, 0.25) is 5.91 Å². The maximum absolute atomic E-state index is 12.8. The maximum Gasteiger partial charge on any atom is 0.222 e. The van der Waals surface area contributed by atoms with Gasteiger partial charge in [0.05, 0.1) is 12.1 Å². The van der Waals surface area contributed by atoms with Crippen LogP contribution in [0, 0.1) is 0 Å². The van der Waals surface area contributed by atoms with E-state index in [-0.39, 0.29) is 11.9 Å². The fourth-order valence-corrected chi connectivity index (χ4v) is 4.94. The Kier molecular flexibility index (Phi) is 8.07. The van der Waals surface area contributed by atoms with Gasteiger partial charge in [0.25, 0.3) is 0 Å².